The summed E-state index contributed by atoms with van der Waals surface area (Å²) in [5.41, 5.74) is 5.99. The molecule has 1 atom stereocenters. The van der Waals surface area contributed by atoms with E-state index in [0.717, 1.165) is 58.2 Å². The number of amides is 1. The monoisotopic (exact) mass is 402 g/mol. The van der Waals surface area contributed by atoms with E-state index in [2.05, 4.69) is 12.2 Å². The molecule has 5 heteroatoms. The van der Waals surface area contributed by atoms with Crippen LogP contribution in [0, 0.1) is 19.8 Å². The van der Waals surface area contributed by atoms with E-state index in [-0.39, 0.29) is 12.5 Å². The second-order valence-corrected chi connectivity index (χ2v) is 8.17. The molecule has 1 aromatic heterocycles. The molecular formula is C25H26N2O3. The minimum absolute atomic E-state index is 0.326. The van der Waals surface area contributed by atoms with Gasteiger partial charge in [-0.15, -0.1) is 0 Å². The third-order valence-corrected chi connectivity index (χ3v) is 5.79. The van der Waals surface area contributed by atoms with E-state index in [4.69, 9.17) is 9.72 Å². The van der Waals surface area contributed by atoms with Crippen LogP contribution < -0.4 is 5.32 Å². The zero-order valence-corrected chi connectivity index (χ0v) is 17.6. The molecule has 0 fully saturated rings. The third-order valence-electron chi connectivity index (χ3n) is 5.79. The van der Waals surface area contributed by atoms with Crippen molar-refractivity contribution in [2.45, 2.75) is 40.0 Å². The zero-order chi connectivity index (χ0) is 21.3. The molecule has 154 valence electrons. The highest BCUT2D eigenvalue weighted by Gasteiger charge is 2.26. The van der Waals surface area contributed by atoms with Crippen molar-refractivity contribution in [3.63, 3.8) is 0 Å². The van der Waals surface area contributed by atoms with E-state index < -0.39 is 5.97 Å². The molecule has 0 aliphatic heterocycles. The lowest BCUT2D eigenvalue weighted by Crippen LogP contribution is -2.24. The molecule has 0 spiro atoms. The Hall–Kier alpha value is -3.21. The molecule has 2 aromatic carbocycles. The summed E-state index contributed by atoms with van der Waals surface area (Å²) in [4.78, 5) is 30.3. The van der Waals surface area contributed by atoms with Gasteiger partial charge in [-0.2, -0.15) is 0 Å². The minimum Gasteiger partial charge on any atom is -0.452 e. The maximum absolute atomic E-state index is 13.1. The number of ether oxygens (including phenoxy) is 1. The number of para-hydroxylation sites is 2. The maximum Gasteiger partial charge on any atom is 0.339 e. The number of fused-ring (bicyclic) bond motifs is 2. The number of hydrogen-bond donors (Lipinski definition) is 1. The van der Waals surface area contributed by atoms with Crippen LogP contribution in [0.1, 0.15) is 46.1 Å². The van der Waals surface area contributed by atoms with Crippen LogP contribution in [-0.2, 0) is 22.4 Å². The van der Waals surface area contributed by atoms with Gasteiger partial charge < -0.3 is 10.1 Å². The lowest BCUT2D eigenvalue weighted by Gasteiger charge is -2.24. The number of aromatic nitrogens is 1. The number of pyridine rings is 1. The lowest BCUT2D eigenvalue weighted by atomic mass is 9.84. The number of carbonyl (C=O) groups is 2. The molecule has 0 unspecified atom stereocenters. The van der Waals surface area contributed by atoms with E-state index in [1.807, 2.05) is 56.3 Å². The molecule has 30 heavy (non-hydrogen) atoms. The van der Waals surface area contributed by atoms with E-state index in [1.165, 1.54) is 0 Å². The Morgan fingerprint density at radius 2 is 1.83 bits per heavy atom. The summed E-state index contributed by atoms with van der Waals surface area (Å²) in [7, 11) is 0. The summed E-state index contributed by atoms with van der Waals surface area (Å²) in [6.45, 7) is 5.73. The first-order valence-corrected chi connectivity index (χ1v) is 10.4. The van der Waals surface area contributed by atoms with Gasteiger partial charge in [0.1, 0.15) is 0 Å². The highest BCUT2D eigenvalue weighted by Crippen LogP contribution is 2.32. The van der Waals surface area contributed by atoms with Crippen molar-refractivity contribution in [1.29, 1.82) is 0 Å². The predicted octanol–water partition coefficient (Wildman–Crippen LogP) is 4.77. The van der Waals surface area contributed by atoms with Crippen molar-refractivity contribution in [3.05, 3.63) is 70.4 Å². The Balaban J connectivity index is 1.58. The molecule has 0 bridgehead atoms. The highest BCUT2D eigenvalue weighted by atomic mass is 16.5. The first-order chi connectivity index (χ1) is 14.4. The van der Waals surface area contributed by atoms with E-state index in [9.17, 15) is 9.59 Å². The summed E-state index contributed by atoms with van der Waals surface area (Å²) >= 11 is 0. The molecule has 0 radical (unpaired) electrons. The van der Waals surface area contributed by atoms with Crippen molar-refractivity contribution in [2.24, 2.45) is 5.92 Å². The van der Waals surface area contributed by atoms with Crippen molar-refractivity contribution in [1.82, 2.24) is 4.98 Å². The summed E-state index contributed by atoms with van der Waals surface area (Å²) in [5, 5.41) is 3.65. The van der Waals surface area contributed by atoms with Crippen molar-refractivity contribution < 1.29 is 14.3 Å². The third kappa shape index (κ3) is 3.92. The Labute approximate surface area is 176 Å². The van der Waals surface area contributed by atoms with Gasteiger partial charge in [0.2, 0.25) is 0 Å². The van der Waals surface area contributed by atoms with Gasteiger partial charge in [0.15, 0.2) is 6.61 Å². The minimum atomic E-state index is -0.462. The summed E-state index contributed by atoms with van der Waals surface area (Å²) in [6, 6.07) is 13.4. The highest BCUT2D eigenvalue weighted by molar-refractivity contribution is 6.06. The van der Waals surface area contributed by atoms with Crippen LogP contribution >= 0.6 is 0 Å². The number of esters is 1. The van der Waals surface area contributed by atoms with Gasteiger partial charge in [-0.3, -0.25) is 9.78 Å². The Bertz CT molecular complexity index is 1120. The van der Waals surface area contributed by atoms with E-state index in [0.29, 0.717) is 11.5 Å². The van der Waals surface area contributed by atoms with Crippen LogP contribution in [-0.4, -0.2) is 23.5 Å². The fraction of sp³-hybridized carbons (Fsp3) is 0.320. The Morgan fingerprint density at radius 3 is 2.60 bits per heavy atom. The Morgan fingerprint density at radius 1 is 1.10 bits per heavy atom. The smallest absolute Gasteiger partial charge is 0.339 e. The van der Waals surface area contributed by atoms with Gasteiger partial charge in [0.25, 0.3) is 5.91 Å². The van der Waals surface area contributed by atoms with Crippen LogP contribution in [0.3, 0.4) is 0 Å². The van der Waals surface area contributed by atoms with Crippen molar-refractivity contribution in [2.75, 3.05) is 11.9 Å². The van der Waals surface area contributed by atoms with Crippen LogP contribution in [0.25, 0.3) is 10.9 Å². The quantitative estimate of drug-likeness (QED) is 0.638. The van der Waals surface area contributed by atoms with E-state index >= 15 is 0 Å². The number of carbonyl (C=O) groups excluding carboxylic acids is 2. The number of aryl methyl sites for hydroxylation is 3. The van der Waals surface area contributed by atoms with Gasteiger partial charge in [0.05, 0.1) is 11.1 Å². The van der Waals surface area contributed by atoms with Gasteiger partial charge in [-0.1, -0.05) is 43.3 Å². The molecular weight excluding hydrogens is 376 g/mol. The summed E-state index contributed by atoms with van der Waals surface area (Å²) in [6.07, 6.45) is 2.71. The number of hydrogen-bond acceptors (Lipinski definition) is 4. The second-order valence-electron chi connectivity index (χ2n) is 8.17. The molecule has 1 N–H and O–H groups in total. The molecule has 0 saturated heterocycles. The SMILES string of the molecule is Cc1cccc(C)c1NC(=O)COC(=O)c1c2c(nc3ccccc13)CC[C@H](C)C2. The van der Waals surface area contributed by atoms with Crippen LogP contribution in [0.4, 0.5) is 5.69 Å². The number of nitrogens with one attached hydrogen (secondary N) is 1. The number of benzene rings is 2. The standard InChI is InChI=1S/C25H26N2O3/c1-15-11-12-21-19(13-15)23(18-9-4-5-10-20(18)26-21)25(29)30-14-22(28)27-24-16(2)7-6-8-17(24)3/h4-10,15H,11-14H2,1-3H3,(H,27,28)/t15-/m0/s1. The Kier molecular flexibility index (Phi) is 5.53. The largest absolute Gasteiger partial charge is 0.452 e. The maximum atomic E-state index is 13.1. The molecule has 3 aromatic rings. The van der Waals surface area contributed by atoms with Crippen molar-refractivity contribution in [3.8, 4) is 0 Å². The molecule has 1 heterocycles. The van der Waals surface area contributed by atoms with Gasteiger partial charge in [0, 0.05) is 16.8 Å². The van der Waals surface area contributed by atoms with Gasteiger partial charge in [-0.05, 0) is 61.8 Å². The van der Waals surface area contributed by atoms with Gasteiger partial charge >= 0.3 is 5.97 Å². The van der Waals surface area contributed by atoms with Crippen LogP contribution in [0.5, 0.6) is 0 Å². The predicted molar refractivity (Wildman–Crippen MR) is 118 cm³/mol. The number of rotatable bonds is 4. The first kappa shape index (κ1) is 20.1. The van der Waals surface area contributed by atoms with Crippen LogP contribution in [0.2, 0.25) is 0 Å². The van der Waals surface area contributed by atoms with E-state index in [1.54, 1.807) is 0 Å². The first-order valence-electron chi connectivity index (χ1n) is 10.4. The average Bonchev–Trinajstić information content (AvgIpc) is 2.73. The average molecular weight is 402 g/mol. The molecule has 4 rings (SSSR count). The summed E-state index contributed by atoms with van der Waals surface area (Å²) in [5.74, 6) is -0.323. The fourth-order valence-electron chi connectivity index (χ4n) is 4.19. The van der Waals surface area contributed by atoms with Gasteiger partial charge in [-0.25, -0.2) is 4.79 Å². The normalized spacial score (nSPS) is 15.5. The summed E-state index contributed by atoms with van der Waals surface area (Å²) < 4.78 is 5.47. The topological polar surface area (TPSA) is 68.3 Å². The number of nitrogens with zero attached hydrogens (tertiary/aromatic N) is 1. The molecule has 1 aliphatic rings. The fourth-order valence-corrected chi connectivity index (χ4v) is 4.19. The van der Waals surface area contributed by atoms with Crippen molar-refractivity contribution >= 4 is 28.5 Å². The molecule has 1 amide bonds. The lowest BCUT2D eigenvalue weighted by molar-refractivity contribution is -0.119. The second kappa shape index (κ2) is 8.27. The number of anilines is 1. The zero-order valence-electron chi connectivity index (χ0n) is 17.6. The molecule has 0 saturated carbocycles. The molecule has 1 aliphatic carbocycles. The van der Waals surface area contributed by atoms with Crippen LogP contribution in [0.15, 0.2) is 42.5 Å². The molecule has 5 nitrogen and oxygen atoms in total.